The maximum atomic E-state index is 13.2. The number of amides is 2. The van der Waals surface area contributed by atoms with Crippen LogP contribution >= 0.6 is 0 Å². The molecule has 2 aromatic carbocycles. The van der Waals surface area contributed by atoms with Gasteiger partial charge in [-0.15, -0.1) is 0 Å². The number of nitrogens with zero attached hydrogens (tertiary/aromatic N) is 1. The molecule has 2 N–H and O–H groups in total. The fourth-order valence-corrected chi connectivity index (χ4v) is 5.12. The van der Waals surface area contributed by atoms with Crippen LogP contribution in [0.3, 0.4) is 0 Å². The molecule has 0 spiro atoms. The molecular weight excluding hydrogens is 432 g/mol. The van der Waals surface area contributed by atoms with E-state index in [0.717, 1.165) is 22.3 Å². The quantitative estimate of drug-likeness (QED) is 0.643. The third kappa shape index (κ3) is 4.52. The van der Waals surface area contributed by atoms with Gasteiger partial charge in [0.15, 0.2) is 0 Å². The lowest BCUT2D eigenvalue weighted by Crippen LogP contribution is -2.51. The van der Waals surface area contributed by atoms with E-state index < -0.39 is 24.0 Å². The van der Waals surface area contributed by atoms with Crippen LogP contribution in [-0.4, -0.2) is 53.7 Å². The van der Waals surface area contributed by atoms with E-state index in [4.69, 9.17) is 4.74 Å². The molecule has 1 saturated heterocycles. The molecule has 1 heterocycles. The lowest BCUT2D eigenvalue weighted by atomic mass is 9.97. The second kappa shape index (κ2) is 9.87. The van der Waals surface area contributed by atoms with Gasteiger partial charge in [-0.2, -0.15) is 0 Å². The molecule has 1 aliphatic heterocycles. The maximum Gasteiger partial charge on any atom is 0.407 e. The second-order valence-electron chi connectivity index (χ2n) is 9.50. The molecule has 4 rings (SSSR count). The first-order chi connectivity index (χ1) is 16.3. The third-order valence-corrected chi connectivity index (χ3v) is 7.34. The van der Waals surface area contributed by atoms with Gasteiger partial charge in [-0.1, -0.05) is 75.7 Å². The van der Waals surface area contributed by atoms with E-state index >= 15 is 0 Å². The van der Waals surface area contributed by atoms with Crippen molar-refractivity contribution in [2.45, 2.75) is 39.2 Å². The van der Waals surface area contributed by atoms with Crippen molar-refractivity contribution in [2.24, 2.45) is 17.8 Å². The first kappa shape index (κ1) is 23.8. The van der Waals surface area contributed by atoms with Gasteiger partial charge in [0.05, 0.1) is 5.92 Å². The van der Waals surface area contributed by atoms with Crippen molar-refractivity contribution < 1.29 is 24.2 Å². The first-order valence-electron chi connectivity index (χ1n) is 11.9. The zero-order valence-electron chi connectivity index (χ0n) is 19.9. The van der Waals surface area contributed by atoms with Crippen molar-refractivity contribution in [1.82, 2.24) is 10.2 Å². The molecule has 3 unspecified atom stereocenters. The number of aliphatic carboxylic acids is 1. The Morgan fingerprint density at radius 3 is 2.18 bits per heavy atom. The van der Waals surface area contributed by atoms with Crippen molar-refractivity contribution in [3.8, 4) is 11.1 Å². The van der Waals surface area contributed by atoms with Crippen LogP contribution < -0.4 is 5.32 Å². The molecule has 180 valence electrons. The van der Waals surface area contributed by atoms with Crippen LogP contribution in [0.5, 0.6) is 0 Å². The average Bonchev–Trinajstić information content (AvgIpc) is 3.38. The van der Waals surface area contributed by atoms with Crippen molar-refractivity contribution in [3.63, 3.8) is 0 Å². The molecule has 0 aromatic heterocycles. The Morgan fingerprint density at radius 1 is 1.06 bits per heavy atom. The van der Waals surface area contributed by atoms with Gasteiger partial charge in [-0.25, -0.2) is 4.79 Å². The highest BCUT2D eigenvalue weighted by Crippen LogP contribution is 2.44. The Balaban J connectivity index is 1.43. The van der Waals surface area contributed by atoms with E-state index in [-0.39, 0.29) is 36.8 Å². The lowest BCUT2D eigenvalue weighted by Gasteiger charge is -2.28. The van der Waals surface area contributed by atoms with Gasteiger partial charge in [0, 0.05) is 19.0 Å². The zero-order valence-corrected chi connectivity index (χ0v) is 19.9. The fraction of sp³-hybridized carbons (Fsp3) is 0.444. The number of alkyl carbamates (subject to hydrolysis) is 1. The van der Waals surface area contributed by atoms with E-state index in [9.17, 15) is 19.5 Å². The molecule has 34 heavy (non-hydrogen) atoms. The minimum Gasteiger partial charge on any atom is -0.481 e. The minimum atomic E-state index is -0.896. The zero-order chi connectivity index (χ0) is 24.4. The van der Waals surface area contributed by atoms with Gasteiger partial charge < -0.3 is 20.1 Å². The lowest BCUT2D eigenvalue weighted by molar-refractivity contribution is -0.142. The van der Waals surface area contributed by atoms with E-state index in [0.29, 0.717) is 13.0 Å². The number of rotatable bonds is 7. The number of hydrogen-bond acceptors (Lipinski definition) is 4. The van der Waals surface area contributed by atoms with Gasteiger partial charge in [0.2, 0.25) is 5.91 Å². The van der Waals surface area contributed by atoms with Gasteiger partial charge in [-0.3, -0.25) is 9.59 Å². The van der Waals surface area contributed by atoms with Gasteiger partial charge in [0.25, 0.3) is 0 Å². The summed E-state index contributed by atoms with van der Waals surface area (Å²) in [5, 5.41) is 12.2. The number of ether oxygens (including phenoxy) is 1. The predicted molar refractivity (Wildman–Crippen MR) is 128 cm³/mol. The summed E-state index contributed by atoms with van der Waals surface area (Å²) in [6.45, 7) is 6.40. The predicted octanol–water partition coefficient (Wildman–Crippen LogP) is 4.12. The molecular formula is C27H32N2O5. The average molecular weight is 465 g/mol. The number of carboxylic acid groups (broad SMARTS) is 1. The Labute approximate surface area is 200 Å². The molecule has 7 heteroatoms. The Morgan fingerprint density at radius 2 is 1.65 bits per heavy atom. The van der Waals surface area contributed by atoms with Gasteiger partial charge in [0.1, 0.15) is 12.6 Å². The maximum absolute atomic E-state index is 13.2. The summed E-state index contributed by atoms with van der Waals surface area (Å²) in [6, 6.07) is 15.5. The van der Waals surface area contributed by atoms with Crippen molar-refractivity contribution in [2.75, 3.05) is 19.7 Å². The molecule has 4 atom stereocenters. The van der Waals surface area contributed by atoms with Crippen LogP contribution in [0.1, 0.15) is 44.2 Å². The summed E-state index contributed by atoms with van der Waals surface area (Å²) in [7, 11) is 0. The molecule has 2 amide bonds. The molecule has 1 aliphatic carbocycles. The largest absolute Gasteiger partial charge is 0.481 e. The van der Waals surface area contributed by atoms with Crippen LogP contribution in [0.25, 0.3) is 11.1 Å². The molecule has 7 nitrogen and oxygen atoms in total. The molecule has 1 fully saturated rings. The topological polar surface area (TPSA) is 95.9 Å². The fourth-order valence-electron chi connectivity index (χ4n) is 5.12. The highest BCUT2D eigenvalue weighted by Gasteiger charge is 2.40. The first-order valence-corrected chi connectivity index (χ1v) is 11.9. The third-order valence-electron chi connectivity index (χ3n) is 7.34. The summed E-state index contributed by atoms with van der Waals surface area (Å²) in [5.41, 5.74) is 4.54. The second-order valence-corrected chi connectivity index (χ2v) is 9.50. The summed E-state index contributed by atoms with van der Waals surface area (Å²) >= 11 is 0. The van der Waals surface area contributed by atoms with Gasteiger partial charge in [-0.05, 0) is 34.1 Å². The Bertz CT molecular complexity index is 1040. The number of carbonyl (C=O) groups is 3. The smallest absolute Gasteiger partial charge is 0.407 e. The minimum absolute atomic E-state index is 0.0633. The number of likely N-dealkylation sites (tertiary alicyclic amines) is 1. The summed E-state index contributed by atoms with van der Waals surface area (Å²) in [5.74, 6) is -2.05. The number of nitrogens with one attached hydrogen (secondary N) is 1. The van der Waals surface area contributed by atoms with E-state index in [2.05, 4.69) is 29.6 Å². The van der Waals surface area contributed by atoms with Crippen molar-refractivity contribution >= 4 is 18.0 Å². The summed E-state index contributed by atoms with van der Waals surface area (Å²) in [4.78, 5) is 39.1. The van der Waals surface area contributed by atoms with Crippen molar-refractivity contribution in [3.05, 3.63) is 59.7 Å². The van der Waals surface area contributed by atoms with Crippen LogP contribution in [0.2, 0.25) is 0 Å². The summed E-state index contributed by atoms with van der Waals surface area (Å²) < 4.78 is 5.64. The number of carbonyl (C=O) groups excluding carboxylic acids is 2. The van der Waals surface area contributed by atoms with Crippen LogP contribution in [0, 0.1) is 17.8 Å². The Kier molecular flexibility index (Phi) is 6.91. The SMILES string of the molecule is CCC(C)[C@H](NC(=O)OCC1c2ccccc2-c2ccccc21)C(=O)N1CC(C)C(C(=O)O)C1. The normalized spacial score (nSPS) is 20.9. The Hall–Kier alpha value is -3.35. The number of fused-ring (bicyclic) bond motifs is 3. The van der Waals surface area contributed by atoms with Crippen LogP contribution in [0.15, 0.2) is 48.5 Å². The number of benzene rings is 2. The van der Waals surface area contributed by atoms with E-state index in [1.807, 2.05) is 45.0 Å². The molecule has 0 bridgehead atoms. The molecule has 0 saturated carbocycles. The molecule has 2 aliphatic rings. The van der Waals surface area contributed by atoms with Crippen molar-refractivity contribution in [1.29, 1.82) is 0 Å². The number of hydrogen-bond donors (Lipinski definition) is 2. The molecule has 2 aromatic rings. The van der Waals surface area contributed by atoms with E-state index in [1.54, 1.807) is 4.90 Å². The number of carboxylic acids is 1. The standard InChI is InChI=1S/C27H32N2O5/c1-4-16(2)24(25(30)29-13-17(3)22(14-29)26(31)32)28-27(33)34-15-23-20-11-7-5-9-18(20)19-10-6-8-12-21(19)23/h5-12,16-17,22-24H,4,13-15H2,1-3H3,(H,28,33)(H,31,32)/t16?,17?,22?,24-/m0/s1. The highest BCUT2D eigenvalue weighted by molar-refractivity contribution is 5.87. The molecule has 0 radical (unpaired) electrons. The monoisotopic (exact) mass is 464 g/mol. The van der Waals surface area contributed by atoms with Crippen LogP contribution in [-0.2, 0) is 14.3 Å². The van der Waals surface area contributed by atoms with E-state index in [1.165, 1.54) is 0 Å². The van der Waals surface area contributed by atoms with Gasteiger partial charge >= 0.3 is 12.1 Å². The highest BCUT2D eigenvalue weighted by atomic mass is 16.5. The van der Waals surface area contributed by atoms with Crippen LogP contribution in [0.4, 0.5) is 4.79 Å². The summed E-state index contributed by atoms with van der Waals surface area (Å²) in [6.07, 6.45) is 0.0498.